The van der Waals surface area contributed by atoms with E-state index in [-0.39, 0.29) is 6.10 Å². The summed E-state index contributed by atoms with van der Waals surface area (Å²) in [4.78, 5) is 5.20. The second-order valence-electron chi connectivity index (χ2n) is 4.13. The van der Waals surface area contributed by atoms with Gasteiger partial charge in [0.05, 0.1) is 23.5 Å². The third kappa shape index (κ3) is 2.11. The van der Waals surface area contributed by atoms with E-state index >= 15 is 0 Å². The molecule has 18 heavy (non-hydrogen) atoms. The van der Waals surface area contributed by atoms with Crippen molar-refractivity contribution in [2.75, 3.05) is 5.88 Å². The quantitative estimate of drug-likeness (QED) is 0.797. The molecule has 3 rings (SSSR count). The van der Waals surface area contributed by atoms with Crippen molar-refractivity contribution in [2.24, 2.45) is 5.16 Å². The fraction of sp³-hybridized carbons (Fsp3) is 0.231. The van der Waals surface area contributed by atoms with Gasteiger partial charge in [0.25, 0.3) is 0 Å². The molecular formula is C13H12ClN3O. The number of rotatable bonds is 3. The Balaban J connectivity index is 1.83. The maximum atomic E-state index is 5.74. The van der Waals surface area contributed by atoms with Crippen molar-refractivity contribution in [2.45, 2.75) is 12.5 Å². The summed E-state index contributed by atoms with van der Waals surface area (Å²) in [7, 11) is 0. The third-order valence-corrected chi connectivity index (χ3v) is 3.19. The minimum atomic E-state index is -0.0123. The van der Waals surface area contributed by atoms with Crippen molar-refractivity contribution in [1.82, 2.24) is 9.78 Å². The van der Waals surface area contributed by atoms with Gasteiger partial charge in [0.15, 0.2) is 0 Å². The number of hydrogen-bond acceptors (Lipinski definition) is 3. The maximum Gasteiger partial charge on any atom is 0.146 e. The molecule has 0 saturated heterocycles. The van der Waals surface area contributed by atoms with Crippen LogP contribution in [0.4, 0.5) is 0 Å². The molecule has 0 aliphatic carbocycles. The molecule has 0 bridgehead atoms. The lowest BCUT2D eigenvalue weighted by molar-refractivity contribution is 0.102. The highest BCUT2D eigenvalue weighted by Gasteiger charge is 2.22. The molecule has 5 heteroatoms. The van der Waals surface area contributed by atoms with E-state index < -0.39 is 0 Å². The highest BCUT2D eigenvalue weighted by atomic mass is 35.5. The van der Waals surface area contributed by atoms with Crippen molar-refractivity contribution in [1.29, 1.82) is 0 Å². The van der Waals surface area contributed by atoms with E-state index in [1.54, 1.807) is 6.20 Å². The Morgan fingerprint density at radius 2 is 2.17 bits per heavy atom. The van der Waals surface area contributed by atoms with Crippen LogP contribution in [0.3, 0.4) is 0 Å². The Hall–Kier alpha value is -1.81. The van der Waals surface area contributed by atoms with Gasteiger partial charge in [0.2, 0.25) is 0 Å². The van der Waals surface area contributed by atoms with Crippen LogP contribution in [0.5, 0.6) is 0 Å². The standard InChI is InChI=1S/C13H12ClN3O/c14-7-12-6-13(16-18-12)10-8-15-17(9-10)11-4-2-1-3-5-11/h1-5,8-9,12H,6-7H2. The van der Waals surface area contributed by atoms with Crippen molar-refractivity contribution >= 4 is 17.3 Å². The van der Waals surface area contributed by atoms with E-state index in [2.05, 4.69) is 10.3 Å². The number of benzene rings is 1. The summed E-state index contributed by atoms with van der Waals surface area (Å²) < 4.78 is 1.83. The maximum absolute atomic E-state index is 5.74. The molecule has 0 saturated carbocycles. The Bertz CT molecular complexity index is 565. The van der Waals surface area contributed by atoms with Gasteiger partial charge in [-0.2, -0.15) is 5.10 Å². The van der Waals surface area contributed by atoms with Gasteiger partial charge in [0, 0.05) is 18.2 Å². The molecule has 2 heterocycles. The smallest absolute Gasteiger partial charge is 0.146 e. The predicted octanol–water partition coefficient (Wildman–Crippen LogP) is 2.60. The van der Waals surface area contributed by atoms with Gasteiger partial charge >= 0.3 is 0 Å². The van der Waals surface area contributed by atoms with Gasteiger partial charge in [-0.1, -0.05) is 23.4 Å². The number of alkyl halides is 1. The second kappa shape index (κ2) is 4.82. The molecule has 0 fully saturated rings. The number of halogens is 1. The van der Waals surface area contributed by atoms with Crippen LogP contribution in [0, 0.1) is 0 Å². The molecule has 1 atom stereocenters. The molecule has 92 valence electrons. The number of para-hydroxylation sites is 1. The number of oxime groups is 1. The largest absolute Gasteiger partial charge is 0.391 e. The third-order valence-electron chi connectivity index (χ3n) is 2.84. The van der Waals surface area contributed by atoms with Crippen molar-refractivity contribution in [3.63, 3.8) is 0 Å². The first-order chi connectivity index (χ1) is 8.86. The molecule has 1 aromatic heterocycles. The molecule has 1 unspecified atom stereocenters. The first-order valence-corrected chi connectivity index (χ1v) is 6.29. The molecule has 1 aliphatic heterocycles. The van der Waals surface area contributed by atoms with Gasteiger partial charge in [-0.25, -0.2) is 4.68 Å². The molecule has 4 nitrogen and oxygen atoms in total. The topological polar surface area (TPSA) is 39.4 Å². The van der Waals surface area contributed by atoms with Crippen LogP contribution in [0.25, 0.3) is 5.69 Å². The molecule has 1 aromatic carbocycles. The van der Waals surface area contributed by atoms with Gasteiger partial charge < -0.3 is 4.84 Å². The zero-order chi connectivity index (χ0) is 12.4. The van der Waals surface area contributed by atoms with Crippen molar-refractivity contribution in [3.8, 4) is 5.69 Å². The monoisotopic (exact) mass is 261 g/mol. The summed E-state index contributed by atoms with van der Waals surface area (Å²) in [5.41, 5.74) is 2.91. The zero-order valence-corrected chi connectivity index (χ0v) is 10.4. The lowest BCUT2D eigenvalue weighted by atomic mass is 10.1. The summed E-state index contributed by atoms with van der Waals surface area (Å²) in [6, 6.07) is 9.96. The minimum absolute atomic E-state index is 0.0123. The fourth-order valence-corrected chi connectivity index (χ4v) is 2.04. The second-order valence-corrected chi connectivity index (χ2v) is 4.44. The van der Waals surface area contributed by atoms with E-state index in [0.717, 1.165) is 23.4 Å². The lowest BCUT2D eigenvalue weighted by Crippen LogP contribution is -2.09. The average Bonchev–Trinajstić information content (AvgIpc) is 3.08. The number of nitrogens with zero attached hydrogens (tertiary/aromatic N) is 3. The van der Waals surface area contributed by atoms with Crippen molar-refractivity contribution < 1.29 is 4.84 Å². The highest BCUT2D eigenvalue weighted by Crippen LogP contribution is 2.18. The Morgan fingerprint density at radius 3 is 2.89 bits per heavy atom. The summed E-state index contributed by atoms with van der Waals surface area (Å²) >= 11 is 5.74. The Morgan fingerprint density at radius 1 is 1.33 bits per heavy atom. The van der Waals surface area contributed by atoms with Crippen LogP contribution in [0.1, 0.15) is 12.0 Å². The van der Waals surface area contributed by atoms with E-state index in [1.807, 2.05) is 41.2 Å². The summed E-state index contributed by atoms with van der Waals surface area (Å²) in [6.07, 6.45) is 4.48. The fourth-order valence-electron chi connectivity index (χ4n) is 1.88. The van der Waals surface area contributed by atoms with E-state index in [1.165, 1.54) is 0 Å². The van der Waals surface area contributed by atoms with Crippen molar-refractivity contribution in [3.05, 3.63) is 48.3 Å². The van der Waals surface area contributed by atoms with E-state index in [9.17, 15) is 0 Å². The van der Waals surface area contributed by atoms with E-state index in [0.29, 0.717) is 5.88 Å². The molecule has 0 radical (unpaired) electrons. The molecule has 2 aromatic rings. The Kier molecular flexibility index (Phi) is 3.02. The van der Waals surface area contributed by atoms with Crippen LogP contribution in [-0.4, -0.2) is 27.5 Å². The summed E-state index contributed by atoms with van der Waals surface area (Å²) in [5.74, 6) is 0.458. The van der Waals surface area contributed by atoms with Crippen LogP contribution < -0.4 is 0 Å². The normalized spacial score (nSPS) is 18.5. The highest BCUT2D eigenvalue weighted by molar-refractivity contribution is 6.18. The molecule has 0 N–H and O–H groups in total. The van der Waals surface area contributed by atoms with Crippen LogP contribution >= 0.6 is 11.6 Å². The molecule has 1 aliphatic rings. The zero-order valence-electron chi connectivity index (χ0n) is 9.66. The number of hydrogen-bond donors (Lipinski definition) is 0. The van der Waals surface area contributed by atoms with Crippen LogP contribution in [0.2, 0.25) is 0 Å². The van der Waals surface area contributed by atoms with Gasteiger partial charge in [-0.3, -0.25) is 0 Å². The van der Waals surface area contributed by atoms with Crippen LogP contribution in [0.15, 0.2) is 47.9 Å². The molecule has 0 spiro atoms. The minimum Gasteiger partial charge on any atom is -0.391 e. The summed E-state index contributed by atoms with van der Waals surface area (Å²) in [6.45, 7) is 0. The van der Waals surface area contributed by atoms with Gasteiger partial charge in [0.1, 0.15) is 6.10 Å². The summed E-state index contributed by atoms with van der Waals surface area (Å²) in [5, 5.41) is 8.37. The lowest BCUT2D eigenvalue weighted by Gasteiger charge is -2.00. The predicted molar refractivity (Wildman–Crippen MR) is 70.3 cm³/mol. The molecule has 0 amide bonds. The SMILES string of the molecule is ClCC1CC(c2cnn(-c3ccccc3)c2)=NO1. The number of aromatic nitrogens is 2. The van der Waals surface area contributed by atoms with Crippen LogP contribution in [-0.2, 0) is 4.84 Å². The van der Waals surface area contributed by atoms with E-state index in [4.69, 9.17) is 16.4 Å². The van der Waals surface area contributed by atoms with Gasteiger partial charge in [-0.15, -0.1) is 11.6 Å². The average molecular weight is 262 g/mol. The first kappa shape index (κ1) is 11.3. The first-order valence-electron chi connectivity index (χ1n) is 5.76. The van der Waals surface area contributed by atoms with Gasteiger partial charge in [-0.05, 0) is 12.1 Å². The molecular weight excluding hydrogens is 250 g/mol. The Labute approximate surface area is 110 Å².